The van der Waals surface area contributed by atoms with E-state index < -0.39 is 5.91 Å². The fourth-order valence-corrected chi connectivity index (χ4v) is 3.80. The van der Waals surface area contributed by atoms with E-state index in [2.05, 4.69) is 10.2 Å². The Bertz CT molecular complexity index is 1090. The molecule has 174 valence electrons. The van der Waals surface area contributed by atoms with E-state index in [-0.39, 0.29) is 11.7 Å². The van der Waals surface area contributed by atoms with Crippen molar-refractivity contribution < 1.29 is 19.0 Å². The number of nitrogens with zero attached hydrogens (tertiary/aromatic N) is 2. The Morgan fingerprint density at radius 3 is 2.61 bits per heavy atom. The molecule has 1 saturated heterocycles. The van der Waals surface area contributed by atoms with Crippen LogP contribution in [0, 0.1) is 11.3 Å². The van der Waals surface area contributed by atoms with E-state index in [1.807, 2.05) is 26.0 Å². The second-order valence-corrected chi connectivity index (χ2v) is 8.43. The molecule has 1 fully saturated rings. The monoisotopic (exact) mass is 489 g/mol. The number of morpholine rings is 1. The lowest BCUT2D eigenvalue weighted by atomic mass is 10.1. The van der Waals surface area contributed by atoms with E-state index in [1.165, 1.54) is 13.2 Å². The van der Waals surface area contributed by atoms with Gasteiger partial charge in [0.05, 0.1) is 42.8 Å². The van der Waals surface area contributed by atoms with Gasteiger partial charge in [-0.1, -0.05) is 23.2 Å². The third-order valence-electron chi connectivity index (χ3n) is 4.84. The summed E-state index contributed by atoms with van der Waals surface area (Å²) in [6, 6.07) is 10.5. The van der Waals surface area contributed by atoms with Crippen LogP contribution in [0.15, 0.2) is 35.9 Å². The topological polar surface area (TPSA) is 83.8 Å². The number of hydrogen-bond donors (Lipinski definition) is 1. The standard InChI is InChI=1S/C24H25Cl2N3O4/c1-15(2)33-23-19(26)11-16(12-22(23)31-3)10-17(14-27)24(30)28-20-13-18(25)4-5-21(20)29-6-8-32-9-7-29/h4-5,10-13,15H,6-9H2,1-3H3,(H,28,30)/b17-10+. The second kappa shape index (κ2) is 11.3. The van der Waals surface area contributed by atoms with Crippen LogP contribution in [0.3, 0.4) is 0 Å². The summed E-state index contributed by atoms with van der Waals surface area (Å²) in [4.78, 5) is 15.1. The predicted octanol–water partition coefficient (Wildman–Crippen LogP) is 5.17. The van der Waals surface area contributed by atoms with Gasteiger partial charge in [0.25, 0.3) is 5.91 Å². The predicted molar refractivity (Wildman–Crippen MR) is 130 cm³/mol. The zero-order valence-corrected chi connectivity index (χ0v) is 20.2. The lowest BCUT2D eigenvalue weighted by Crippen LogP contribution is -2.36. The van der Waals surface area contributed by atoms with Crippen LogP contribution in [0.4, 0.5) is 11.4 Å². The molecule has 2 aromatic rings. The maximum absolute atomic E-state index is 13.0. The Hall–Kier alpha value is -2.92. The molecule has 0 bridgehead atoms. The molecule has 7 nitrogen and oxygen atoms in total. The van der Waals surface area contributed by atoms with Gasteiger partial charge >= 0.3 is 0 Å². The van der Waals surface area contributed by atoms with Gasteiger partial charge in [-0.3, -0.25) is 4.79 Å². The zero-order chi connectivity index (χ0) is 24.0. The molecule has 1 aliphatic heterocycles. The molecule has 0 spiro atoms. The fourth-order valence-electron chi connectivity index (χ4n) is 3.37. The van der Waals surface area contributed by atoms with Crippen LogP contribution in [0.1, 0.15) is 19.4 Å². The van der Waals surface area contributed by atoms with E-state index in [4.69, 9.17) is 37.4 Å². The molecule has 2 aromatic carbocycles. The van der Waals surface area contributed by atoms with Gasteiger partial charge in [-0.25, -0.2) is 0 Å². The third-order valence-corrected chi connectivity index (χ3v) is 5.36. The number of methoxy groups -OCH3 is 1. The molecule has 0 radical (unpaired) electrons. The van der Waals surface area contributed by atoms with Crippen molar-refractivity contribution in [2.24, 2.45) is 0 Å². The number of nitriles is 1. The molecule has 1 N–H and O–H groups in total. The number of amides is 1. The lowest BCUT2D eigenvalue weighted by Gasteiger charge is -2.30. The first-order valence-corrected chi connectivity index (χ1v) is 11.2. The van der Waals surface area contributed by atoms with Crippen molar-refractivity contribution in [1.29, 1.82) is 5.26 Å². The molecule has 33 heavy (non-hydrogen) atoms. The maximum Gasteiger partial charge on any atom is 0.266 e. The van der Waals surface area contributed by atoms with Crippen molar-refractivity contribution in [3.8, 4) is 17.6 Å². The van der Waals surface area contributed by atoms with Gasteiger partial charge in [-0.2, -0.15) is 5.26 Å². The highest BCUT2D eigenvalue weighted by Crippen LogP contribution is 2.38. The average molecular weight is 490 g/mol. The molecule has 0 unspecified atom stereocenters. The van der Waals surface area contributed by atoms with Gasteiger partial charge in [0.2, 0.25) is 0 Å². The molecule has 0 saturated carbocycles. The summed E-state index contributed by atoms with van der Waals surface area (Å²) in [5.41, 5.74) is 1.76. The van der Waals surface area contributed by atoms with Crippen LogP contribution in [-0.2, 0) is 9.53 Å². The minimum absolute atomic E-state index is 0.0986. The molecular formula is C24H25Cl2N3O4. The quantitative estimate of drug-likeness (QED) is 0.426. The summed E-state index contributed by atoms with van der Waals surface area (Å²) in [6.07, 6.45) is 1.35. The van der Waals surface area contributed by atoms with Gasteiger partial charge in [0.15, 0.2) is 11.5 Å². The number of anilines is 2. The molecule has 0 aliphatic carbocycles. The summed E-state index contributed by atoms with van der Waals surface area (Å²) < 4.78 is 16.5. The van der Waals surface area contributed by atoms with Gasteiger partial charge in [0.1, 0.15) is 11.6 Å². The van der Waals surface area contributed by atoms with Gasteiger partial charge in [0, 0.05) is 18.1 Å². The van der Waals surface area contributed by atoms with E-state index in [1.54, 1.807) is 24.3 Å². The number of nitrogens with one attached hydrogen (secondary N) is 1. The zero-order valence-electron chi connectivity index (χ0n) is 18.7. The third kappa shape index (κ3) is 6.32. The van der Waals surface area contributed by atoms with E-state index >= 15 is 0 Å². The average Bonchev–Trinajstić information content (AvgIpc) is 2.79. The van der Waals surface area contributed by atoms with Gasteiger partial charge in [-0.15, -0.1) is 0 Å². The van der Waals surface area contributed by atoms with Crippen molar-refractivity contribution in [3.63, 3.8) is 0 Å². The van der Waals surface area contributed by atoms with Crippen molar-refractivity contribution in [2.75, 3.05) is 43.6 Å². The van der Waals surface area contributed by atoms with Crippen molar-refractivity contribution in [2.45, 2.75) is 20.0 Å². The van der Waals surface area contributed by atoms with E-state index in [0.29, 0.717) is 59.1 Å². The molecule has 1 amide bonds. The number of rotatable bonds is 7. The largest absolute Gasteiger partial charge is 0.493 e. The van der Waals surface area contributed by atoms with Crippen molar-refractivity contribution in [1.82, 2.24) is 0 Å². The van der Waals surface area contributed by atoms with Crippen LogP contribution >= 0.6 is 23.2 Å². The second-order valence-electron chi connectivity index (χ2n) is 7.59. The Kier molecular flexibility index (Phi) is 8.45. The summed E-state index contributed by atoms with van der Waals surface area (Å²) in [5, 5.41) is 13.3. The van der Waals surface area contributed by atoms with Crippen molar-refractivity contribution >= 4 is 46.6 Å². The van der Waals surface area contributed by atoms with Gasteiger partial charge < -0.3 is 24.4 Å². The SMILES string of the molecule is COc1cc(/C=C(\C#N)C(=O)Nc2cc(Cl)ccc2N2CCOCC2)cc(Cl)c1OC(C)C. The first-order valence-electron chi connectivity index (χ1n) is 10.4. The molecule has 9 heteroatoms. The highest BCUT2D eigenvalue weighted by atomic mass is 35.5. The number of hydrogen-bond acceptors (Lipinski definition) is 6. The molecular weight excluding hydrogens is 465 g/mol. The Morgan fingerprint density at radius 1 is 1.24 bits per heavy atom. The Morgan fingerprint density at radius 2 is 1.97 bits per heavy atom. The van der Waals surface area contributed by atoms with Crippen LogP contribution in [0.25, 0.3) is 6.08 Å². The number of benzene rings is 2. The van der Waals surface area contributed by atoms with Crippen LogP contribution < -0.4 is 19.7 Å². The highest BCUT2D eigenvalue weighted by Gasteiger charge is 2.19. The molecule has 0 atom stereocenters. The molecule has 3 rings (SSSR count). The molecule has 1 heterocycles. The number of halogens is 2. The summed E-state index contributed by atoms with van der Waals surface area (Å²) >= 11 is 12.5. The summed E-state index contributed by atoms with van der Waals surface area (Å²) in [6.45, 7) is 6.32. The smallest absolute Gasteiger partial charge is 0.266 e. The first-order chi connectivity index (χ1) is 15.8. The van der Waals surface area contributed by atoms with E-state index in [0.717, 1.165) is 5.69 Å². The number of ether oxygens (including phenoxy) is 3. The van der Waals surface area contributed by atoms with Crippen LogP contribution in [-0.4, -0.2) is 45.4 Å². The van der Waals surface area contributed by atoms with Crippen molar-refractivity contribution in [3.05, 3.63) is 51.5 Å². The highest BCUT2D eigenvalue weighted by molar-refractivity contribution is 6.32. The summed E-state index contributed by atoms with van der Waals surface area (Å²) in [5.74, 6) is 0.250. The fraction of sp³-hybridized carbons (Fsp3) is 0.333. The molecule has 0 aromatic heterocycles. The molecule has 1 aliphatic rings. The Labute approximate surface area is 203 Å². The summed E-state index contributed by atoms with van der Waals surface area (Å²) in [7, 11) is 1.50. The minimum Gasteiger partial charge on any atom is -0.493 e. The first kappa shape index (κ1) is 24.7. The lowest BCUT2D eigenvalue weighted by molar-refractivity contribution is -0.112. The minimum atomic E-state index is -0.563. The van der Waals surface area contributed by atoms with E-state index in [9.17, 15) is 10.1 Å². The van der Waals surface area contributed by atoms with Crippen LogP contribution in [0.5, 0.6) is 11.5 Å². The number of carbonyl (C=O) groups is 1. The Balaban J connectivity index is 1.89. The van der Waals surface area contributed by atoms with Gasteiger partial charge in [-0.05, 0) is 55.8 Å². The normalized spacial score (nSPS) is 14.1. The van der Waals surface area contributed by atoms with Crippen LogP contribution in [0.2, 0.25) is 10.0 Å². The maximum atomic E-state index is 13.0. The number of carbonyl (C=O) groups excluding carboxylic acids is 1.